The topological polar surface area (TPSA) is 109 Å². The Labute approximate surface area is 287 Å². The average Bonchev–Trinajstić information content (AvgIpc) is 3.62. The second-order valence-corrected chi connectivity index (χ2v) is 11.1. The fraction of sp³-hybridized carbons (Fsp3) is 0.500. The molecule has 262 valence electrons. The van der Waals surface area contributed by atoms with E-state index in [4.69, 9.17) is 42.6 Å². The molecule has 0 fully saturated rings. The molecule has 4 aromatic rings. The number of nitrogens with zero attached hydrogens (tertiary/aromatic N) is 2. The summed E-state index contributed by atoms with van der Waals surface area (Å²) in [6.07, 6.45) is 1.02. The first kappa shape index (κ1) is 37.6. The van der Waals surface area contributed by atoms with E-state index < -0.39 is 0 Å². The number of benzene rings is 3. The van der Waals surface area contributed by atoms with Crippen LogP contribution in [0.4, 0.5) is 0 Å². The van der Waals surface area contributed by atoms with E-state index in [9.17, 15) is 0 Å². The standard InChI is InChI=1S/C36H48N2O9S/c1-3-14-40-17-18-42-21-23-44-25-27-46-31-8-4-29(5-9-31)33-12-13-34(36-35(33)37-48-38-36)30-6-10-32(11-7-30)47-28-26-45-24-22-43-20-19-41-16-15-39-2/h4-13H,3,14-28H2,1-2H3. The zero-order chi connectivity index (χ0) is 33.5. The van der Waals surface area contributed by atoms with Crippen molar-refractivity contribution in [1.82, 2.24) is 8.75 Å². The third-order valence-corrected chi connectivity index (χ3v) is 7.54. The Hall–Kier alpha value is -3.20. The number of hydrogen-bond acceptors (Lipinski definition) is 12. The molecule has 4 rings (SSSR count). The fourth-order valence-corrected chi connectivity index (χ4v) is 5.17. The highest BCUT2D eigenvalue weighted by Gasteiger charge is 2.14. The average molecular weight is 685 g/mol. The summed E-state index contributed by atoms with van der Waals surface area (Å²) in [6.45, 7) is 10.3. The Morgan fingerprint density at radius 2 is 0.792 bits per heavy atom. The molecule has 12 heteroatoms. The van der Waals surface area contributed by atoms with Crippen LogP contribution in [0.1, 0.15) is 13.3 Å². The highest BCUT2D eigenvalue weighted by molar-refractivity contribution is 7.00. The lowest BCUT2D eigenvalue weighted by Crippen LogP contribution is -2.13. The normalized spacial score (nSPS) is 11.4. The van der Waals surface area contributed by atoms with Crippen molar-refractivity contribution >= 4 is 22.8 Å². The van der Waals surface area contributed by atoms with Crippen molar-refractivity contribution in [2.75, 3.05) is 106 Å². The van der Waals surface area contributed by atoms with Crippen LogP contribution in [0.5, 0.6) is 11.5 Å². The van der Waals surface area contributed by atoms with Crippen LogP contribution in [-0.2, 0) is 33.2 Å². The minimum Gasteiger partial charge on any atom is -0.491 e. The largest absolute Gasteiger partial charge is 0.491 e. The van der Waals surface area contributed by atoms with Crippen molar-refractivity contribution in [2.24, 2.45) is 0 Å². The van der Waals surface area contributed by atoms with Crippen molar-refractivity contribution in [1.29, 1.82) is 0 Å². The Balaban J connectivity index is 1.16. The number of hydrogen-bond donors (Lipinski definition) is 0. The van der Waals surface area contributed by atoms with Gasteiger partial charge >= 0.3 is 0 Å². The lowest BCUT2D eigenvalue weighted by molar-refractivity contribution is 0.000164. The molecule has 0 aliphatic carbocycles. The SMILES string of the molecule is CCCOCCOCCOCCOc1ccc(-c2ccc(-c3ccc(OCCOCCOCCOCCOC)cc3)c3nsnc23)cc1. The second kappa shape index (κ2) is 23.2. The van der Waals surface area contributed by atoms with Gasteiger partial charge in [0.15, 0.2) is 0 Å². The summed E-state index contributed by atoms with van der Waals surface area (Å²) in [5.74, 6) is 1.57. The molecule has 0 bridgehead atoms. The molecule has 1 aromatic heterocycles. The number of methoxy groups -OCH3 is 1. The number of ether oxygens (including phenoxy) is 9. The molecule has 0 atom stereocenters. The smallest absolute Gasteiger partial charge is 0.119 e. The van der Waals surface area contributed by atoms with Crippen molar-refractivity contribution in [2.45, 2.75) is 13.3 Å². The third kappa shape index (κ3) is 13.4. The Morgan fingerprint density at radius 3 is 1.17 bits per heavy atom. The van der Waals surface area contributed by atoms with Crippen molar-refractivity contribution < 1.29 is 42.6 Å². The van der Waals surface area contributed by atoms with Gasteiger partial charge in [0.05, 0.1) is 91.0 Å². The lowest BCUT2D eigenvalue weighted by Gasteiger charge is -2.11. The summed E-state index contributed by atoms with van der Waals surface area (Å²) in [6, 6.07) is 20.2. The molecular formula is C36H48N2O9S. The van der Waals surface area contributed by atoms with Gasteiger partial charge in [-0.05, 0) is 41.8 Å². The fourth-order valence-electron chi connectivity index (χ4n) is 4.60. The summed E-state index contributed by atoms with van der Waals surface area (Å²) in [5.41, 5.74) is 5.89. The maximum Gasteiger partial charge on any atom is 0.119 e. The number of fused-ring (bicyclic) bond motifs is 1. The van der Waals surface area contributed by atoms with Gasteiger partial charge in [0, 0.05) is 24.8 Å². The molecule has 0 spiro atoms. The first-order chi connectivity index (χ1) is 23.8. The van der Waals surface area contributed by atoms with E-state index in [0.29, 0.717) is 92.5 Å². The van der Waals surface area contributed by atoms with E-state index in [2.05, 4.69) is 27.8 Å². The van der Waals surface area contributed by atoms with E-state index >= 15 is 0 Å². The van der Waals surface area contributed by atoms with Gasteiger partial charge in [0.2, 0.25) is 0 Å². The molecule has 0 aliphatic heterocycles. The molecule has 1 heterocycles. The number of aromatic nitrogens is 2. The first-order valence-corrected chi connectivity index (χ1v) is 17.2. The number of rotatable bonds is 27. The predicted molar refractivity (Wildman–Crippen MR) is 186 cm³/mol. The molecule has 3 aromatic carbocycles. The molecular weight excluding hydrogens is 636 g/mol. The summed E-state index contributed by atoms with van der Waals surface area (Å²) < 4.78 is 58.8. The van der Waals surface area contributed by atoms with E-state index in [1.165, 1.54) is 11.7 Å². The van der Waals surface area contributed by atoms with Crippen LogP contribution in [0.3, 0.4) is 0 Å². The van der Waals surface area contributed by atoms with Gasteiger partial charge in [-0.1, -0.05) is 43.3 Å². The summed E-state index contributed by atoms with van der Waals surface area (Å²) in [5, 5.41) is 0. The summed E-state index contributed by atoms with van der Waals surface area (Å²) in [7, 11) is 1.65. The molecule has 0 saturated heterocycles. The Kier molecular flexibility index (Phi) is 18.2. The highest BCUT2D eigenvalue weighted by Crippen LogP contribution is 2.35. The minimum atomic E-state index is 0.456. The van der Waals surface area contributed by atoms with E-state index in [1.54, 1.807) is 7.11 Å². The molecule has 0 N–H and O–H groups in total. The lowest BCUT2D eigenvalue weighted by atomic mass is 9.98. The monoisotopic (exact) mass is 684 g/mol. The Bertz CT molecular complexity index is 1400. The molecule has 0 unspecified atom stereocenters. The first-order valence-electron chi connectivity index (χ1n) is 16.5. The predicted octanol–water partition coefficient (Wildman–Crippen LogP) is 5.94. The van der Waals surface area contributed by atoms with Crippen LogP contribution in [0, 0.1) is 0 Å². The zero-order valence-electron chi connectivity index (χ0n) is 28.1. The summed E-state index contributed by atoms with van der Waals surface area (Å²) in [4.78, 5) is 0. The second-order valence-electron chi connectivity index (χ2n) is 10.5. The molecule has 11 nitrogen and oxygen atoms in total. The van der Waals surface area contributed by atoms with E-state index in [0.717, 1.165) is 57.8 Å². The van der Waals surface area contributed by atoms with Gasteiger partial charge in [0.25, 0.3) is 0 Å². The molecule has 0 radical (unpaired) electrons. The molecule has 0 amide bonds. The van der Waals surface area contributed by atoms with Crippen LogP contribution < -0.4 is 9.47 Å². The van der Waals surface area contributed by atoms with Gasteiger partial charge < -0.3 is 42.6 Å². The van der Waals surface area contributed by atoms with Crippen LogP contribution >= 0.6 is 11.7 Å². The minimum absolute atomic E-state index is 0.456. The van der Waals surface area contributed by atoms with Crippen molar-refractivity contribution in [3.05, 3.63) is 60.7 Å². The maximum atomic E-state index is 5.85. The van der Waals surface area contributed by atoms with Crippen LogP contribution in [-0.4, -0.2) is 115 Å². The molecule has 0 saturated carbocycles. The Morgan fingerprint density at radius 1 is 0.438 bits per heavy atom. The van der Waals surface area contributed by atoms with Crippen molar-refractivity contribution in [3.8, 4) is 33.8 Å². The maximum absolute atomic E-state index is 5.85. The van der Waals surface area contributed by atoms with Gasteiger partial charge in [-0.15, -0.1) is 0 Å². The van der Waals surface area contributed by atoms with Gasteiger partial charge in [-0.3, -0.25) is 0 Å². The van der Waals surface area contributed by atoms with Crippen LogP contribution in [0.25, 0.3) is 33.3 Å². The van der Waals surface area contributed by atoms with E-state index in [1.807, 2.05) is 48.5 Å². The highest BCUT2D eigenvalue weighted by atomic mass is 32.1. The zero-order valence-corrected chi connectivity index (χ0v) is 28.9. The third-order valence-electron chi connectivity index (χ3n) is 7.01. The van der Waals surface area contributed by atoms with Gasteiger partial charge in [-0.25, -0.2) is 0 Å². The molecule has 48 heavy (non-hydrogen) atoms. The molecule has 0 aliphatic rings. The van der Waals surface area contributed by atoms with Gasteiger partial charge in [0.1, 0.15) is 35.7 Å². The van der Waals surface area contributed by atoms with Crippen LogP contribution in [0.15, 0.2) is 60.7 Å². The van der Waals surface area contributed by atoms with Crippen molar-refractivity contribution in [3.63, 3.8) is 0 Å². The quantitative estimate of drug-likeness (QED) is 0.0697. The summed E-state index contributed by atoms with van der Waals surface area (Å²) >= 11 is 1.21. The van der Waals surface area contributed by atoms with Gasteiger partial charge in [-0.2, -0.15) is 8.75 Å². The van der Waals surface area contributed by atoms with Crippen LogP contribution in [0.2, 0.25) is 0 Å². The van der Waals surface area contributed by atoms with E-state index in [-0.39, 0.29) is 0 Å².